The molecule has 1 saturated carbocycles. The van der Waals surface area contributed by atoms with Gasteiger partial charge < -0.3 is 4.90 Å². The van der Waals surface area contributed by atoms with E-state index >= 15 is 0 Å². The van der Waals surface area contributed by atoms with Gasteiger partial charge in [-0.3, -0.25) is 9.89 Å². The number of anilines is 1. The number of benzene rings is 2. The molecule has 2 heterocycles. The molecule has 7 heteroatoms. The van der Waals surface area contributed by atoms with Crippen LogP contribution < -0.4 is 4.90 Å². The number of fused-ring (bicyclic) bond motifs is 1. The van der Waals surface area contributed by atoms with Crippen molar-refractivity contribution in [2.24, 2.45) is 0 Å². The first-order chi connectivity index (χ1) is 13.8. The van der Waals surface area contributed by atoms with E-state index in [1.807, 2.05) is 53.1 Å². The van der Waals surface area contributed by atoms with Gasteiger partial charge in [-0.1, -0.05) is 54.2 Å². The summed E-state index contributed by atoms with van der Waals surface area (Å²) in [6.07, 6.45) is 2.36. The Morgan fingerprint density at radius 1 is 1.14 bits per heavy atom. The molecule has 2 aromatic carbocycles. The van der Waals surface area contributed by atoms with Crippen molar-refractivity contribution in [3.63, 3.8) is 0 Å². The highest BCUT2D eigenvalue weighted by molar-refractivity contribution is 8.00. The first-order valence-electron chi connectivity index (χ1n) is 9.43. The Balaban J connectivity index is 1.39. The molecule has 1 aromatic heterocycles. The minimum atomic E-state index is 0.0309. The molecule has 1 N–H and O–H groups in total. The Kier molecular flexibility index (Phi) is 4.86. The SMILES string of the molecule is O=C(CSc1n[nH]c(C2CC2)n1)N1c2ccccc2SCC1c1ccccc1. The first-order valence-corrected chi connectivity index (χ1v) is 11.4. The van der Waals surface area contributed by atoms with Crippen molar-refractivity contribution >= 4 is 35.1 Å². The zero-order valence-corrected chi connectivity index (χ0v) is 16.9. The normalized spacial score (nSPS) is 18.7. The number of aromatic amines is 1. The van der Waals surface area contributed by atoms with Gasteiger partial charge in [0, 0.05) is 16.6 Å². The summed E-state index contributed by atoms with van der Waals surface area (Å²) in [5.41, 5.74) is 2.16. The largest absolute Gasteiger partial charge is 0.302 e. The summed E-state index contributed by atoms with van der Waals surface area (Å²) in [4.78, 5) is 20.9. The topological polar surface area (TPSA) is 61.9 Å². The van der Waals surface area contributed by atoms with E-state index < -0.39 is 0 Å². The maximum absolute atomic E-state index is 13.3. The second kappa shape index (κ2) is 7.64. The van der Waals surface area contributed by atoms with Crippen LogP contribution in [0.1, 0.15) is 36.2 Å². The van der Waals surface area contributed by atoms with Crippen LogP contribution in [0.25, 0.3) is 0 Å². The van der Waals surface area contributed by atoms with Gasteiger partial charge in [0.25, 0.3) is 0 Å². The third-order valence-electron chi connectivity index (χ3n) is 5.06. The van der Waals surface area contributed by atoms with E-state index in [0.717, 1.165) is 27.7 Å². The number of aromatic nitrogens is 3. The molecule has 1 unspecified atom stereocenters. The number of rotatable bonds is 5. The Hall–Kier alpha value is -2.25. The molecule has 142 valence electrons. The third-order valence-corrected chi connectivity index (χ3v) is 7.03. The molecule has 0 spiro atoms. The number of hydrogen-bond acceptors (Lipinski definition) is 5. The molecule has 1 aliphatic carbocycles. The average molecular weight is 409 g/mol. The van der Waals surface area contributed by atoms with Gasteiger partial charge in [-0.05, 0) is 30.5 Å². The molecule has 28 heavy (non-hydrogen) atoms. The number of H-pyrrole nitrogens is 1. The van der Waals surface area contributed by atoms with Gasteiger partial charge in [-0.2, -0.15) is 0 Å². The van der Waals surface area contributed by atoms with Gasteiger partial charge in [0.15, 0.2) is 0 Å². The number of para-hydroxylation sites is 1. The molecule has 1 amide bonds. The lowest BCUT2D eigenvalue weighted by molar-refractivity contribution is -0.116. The van der Waals surface area contributed by atoms with Crippen LogP contribution in [-0.4, -0.2) is 32.6 Å². The standard InChI is InChI=1S/C21H20N4OS2/c26-19(13-28-21-22-20(23-24-21)15-10-11-15)25-16-8-4-5-9-18(16)27-12-17(25)14-6-2-1-3-7-14/h1-9,15,17H,10-13H2,(H,22,23,24). The molecule has 5 rings (SSSR count). The molecule has 0 radical (unpaired) electrons. The molecule has 3 aromatic rings. The van der Waals surface area contributed by atoms with Crippen LogP contribution in [0.3, 0.4) is 0 Å². The molecule has 0 saturated heterocycles. The molecule has 5 nitrogen and oxygen atoms in total. The second-order valence-corrected chi connectivity index (χ2v) is 9.04. The number of hydrogen-bond donors (Lipinski definition) is 1. The van der Waals surface area contributed by atoms with Crippen LogP contribution in [0, 0.1) is 0 Å². The Labute approximate surface area is 172 Å². The number of carbonyl (C=O) groups excluding carboxylic acids is 1. The van der Waals surface area contributed by atoms with E-state index in [9.17, 15) is 4.79 Å². The highest BCUT2D eigenvalue weighted by atomic mass is 32.2. The minimum absolute atomic E-state index is 0.0309. The van der Waals surface area contributed by atoms with Crippen molar-refractivity contribution < 1.29 is 4.79 Å². The summed E-state index contributed by atoms with van der Waals surface area (Å²) < 4.78 is 0. The fraction of sp³-hybridized carbons (Fsp3) is 0.286. The Bertz CT molecular complexity index is 987. The third kappa shape index (κ3) is 3.56. The van der Waals surface area contributed by atoms with E-state index in [1.165, 1.54) is 24.6 Å². The maximum Gasteiger partial charge on any atom is 0.238 e. The maximum atomic E-state index is 13.3. The minimum Gasteiger partial charge on any atom is -0.302 e. The van der Waals surface area contributed by atoms with Crippen LogP contribution in [0.4, 0.5) is 5.69 Å². The lowest BCUT2D eigenvalue weighted by atomic mass is 10.1. The number of nitrogens with one attached hydrogen (secondary N) is 1. The van der Waals surface area contributed by atoms with Crippen molar-refractivity contribution in [1.82, 2.24) is 15.2 Å². The van der Waals surface area contributed by atoms with Gasteiger partial charge in [0.1, 0.15) is 5.82 Å². The van der Waals surface area contributed by atoms with E-state index in [4.69, 9.17) is 0 Å². The van der Waals surface area contributed by atoms with Crippen LogP contribution in [0.5, 0.6) is 0 Å². The molecule has 1 fully saturated rings. The van der Waals surface area contributed by atoms with Crippen LogP contribution in [0.2, 0.25) is 0 Å². The van der Waals surface area contributed by atoms with Gasteiger partial charge in [-0.15, -0.1) is 16.9 Å². The van der Waals surface area contributed by atoms with E-state index in [0.29, 0.717) is 16.8 Å². The lowest BCUT2D eigenvalue weighted by Gasteiger charge is -2.37. The fourth-order valence-electron chi connectivity index (χ4n) is 3.48. The monoisotopic (exact) mass is 408 g/mol. The van der Waals surface area contributed by atoms with Gasteiger partial charge in [0.2, 0.25) is 11.1 Å². The number of carbonyl (C=O) groups is 1. The van der Waals surface area contributed by atoms with E-state index in [-0.39, 0.29) is 11.9 Å². The fourth-order valence-corrected chi connectivity index (χ4v) is 5.31. The van der Waals surface area contributed by atoms with Gasteiger partial charge in [-0.25, -0.2) is 4.98 Å². The Morgan fingerprint density at radius 3 is 2.75 bits per heavy atom. The molecule has 0 bridgehead atoms. The smallest absolute Gasteiger partial charge is 0.238 e. The number of thioether (sulfide) groups is 2. The quantitative estimate of drug-likeness (QED) is 0.623. The van der Waals surface area contributed by atoms with Crippen LogP contribution in [-0.2, 0) is 4.79 Å². The molecular weight excluding hydrogens is 388 g/mol. The first kappa shape index (κ1) is 17.8. The molecule has 2 aliphatic rings. The van der Waals surface area contributed by atoms with E-state index in [2.05, 4.69) is 33.4 Å². The predicted octanol–water partition coefficient (Wildman–Crippen LogP) is 4.65. The van der Waals surface area contributed by atoms with Crippen molar-refractivity contribution in [3.8, 4) is 0 Å². The zero-order chi connectivity index (χ0) is 18.9. The summed E-state index contributed by atoms with van der Waals surface area (Å²) in [6.45, 7) is 0. The highest BCUT2D eigenvalue weighted by Gasteiger charge is 2.33. The number of nitrogens with zero attached hydrogens (tertiary/aromatic N) is 3. The highest BCUT2D eigenvalue weighted by Crippen LogP contribution is 2.43. The van der Waals surface area contributed by atoms with Gasteiger partial charge >= 0.3 is 0 Å². The van der Waals surface area contributed by atoms with Crippen LogP contribution in [0.15, 0.2) is 64.6 Å². The summed E-state index contributed by atoms with van der Waals surface area (Å²) in [7, 11) is 0. The molecule has 1 atom stereocenters. The predicted molar refractivity (Wildman–Crippen MR) is 113 cm³/mol. The summed E-state index contributed by atoms with van der Waals surface area (Å²) in [6, 6.07) is 18.5. The van der Waals surface area contributed by atoms with Crippen molar-refractivity contribution in [2.75, 3.05) is 16.4 Å². The van der Waals surface area contributed by atoms with Crippen molar-refractivity contribution in [2.45, 2.75) is 34.9 Å². The average Bonchev–Trinajstić information content (AvgIpc) is 3.49. The van der Waals surface area contributed by atoms with Crippen molar-refractivity contribution in [3.05, 3.63) is 66.0 Å². The summed E-state index contributed by atoms with van der Waals surface area (Å²) in [5, 5.41) is 7.94. The van der Waals surface area contributed by atoms with Crippen LogP contribution >= 0.6 is 23.5 Å². The molecule has 1 aliphatic heterocycles. The summed E-state index contributed by atoms with van der Waals surface area (Å²) >= 11 is 3.22. The zero-order valence-electron chi connectivity index (χ0n) is 15.2. The summed E-state index contributed by atoms with van der Waals surface area (Å²) in [5.74, 6) is 2.75. The van der Waals surface area contributed by atoms with Gasteiger partial charge in [0.05, 0.1) is 17.5 Å². The lowest BCUT2D eigenvalue weighted by Crippen LogP contribution is -2.39. The molecular formula is C21H20N4OS2. The second-order valence-electron chi connectivity index (χ2n) is 7.04. The Morgan fingerprint density at radius 2 is 1.93 bits per heavy atom. The van der Waals surface area contributed by atoms with Crippen molar-refractivity contribution in [1.29, 1.82) is 0 Å². The van der Waals surface area contributed by atoms with E-state index in [1.54, 1.807) is 0 Å². The number of amides is 1.